The van der Waals surface area contributed by atoms with Crippen molar-refractivity contribution in [3.05, 3.63) is 11.5 Å². The van der Waals surface area contributed by atoms with Crippen LogP contribution >= 0.6 is 0 Å². The van der Waals surface area contributed by atoms with Gasteiger partial charge in [-0.25, -0.2) is 4.79 Å². The highest BCUT2D eigenvalue weighted by Crippen LogP contribution is 2.31. The standard InChI is InChI=1S/C8H9F3O4/c1-2-13-7(12)5-6(8(9,10)11)15-4-3-14-5/h2-4H2,1H3. The topological polar surface area (TPSA) is 44.8 Å². The first-order chi connectivity index (χ1) is 6.96. The molecule has 4 nitrogen and oxygen atoms in total. The van der Waals surface area contributed by atoms with Gasteiger partial charge in [0.05, 0.1) is 6.61 Å². The van der Waals surface area contributed by atoms with Crippen molar-refractivity contribution in [2.45, 2.75) is 13.1 Å². The fraction of sp³-hybridized carbons (Fsp3) is 0.625. The number of rotatable bonds is 2. The van der Waals surface area contributed by atoms with Crippen molar-refractivity contribution >= 4 is 5.97 Å². The Bertz CT molecular complexity index is 282. The van der Waals surface area contributed by atoms with E-state index in [1.807, 2.05) is 0 Å². The molecule has 0 aromatic carbocycles. The monoisotopic (exact) mass is 226 g/mol. The Kier molecular flexibility index (Phi) is 3.43. The number of carbonyl (C=O) groups is 1. The van der Waals surface area contributed by atoms with E-state index in [1.165, 1.54) is 6.92 Å². The van der Waals surface area contributed by atoms with Crippen LogP contribution in [-0.2, 0) is 19.0 Å². The minimum Gasteiger partial charge on any atom is -0.483 e. The second-order valence-electron chi connectivity index (χ2n) is 2.57. The van der Waals surface area contributed by atoms with Crippen molar-refractivity contribution in [2.75, 3.05) is 19.8 Å². The highest BCUT2D eigenvalue weighted by molar-refractivity contribution is 5.87. The van der Waals surface area contributed by atoms with Gasteiger partial charge in [0.2, 0.25) is 0 Å². The molecule has 0 bridgehead atoms. The molecule has 0 aromatic heterocycles. The van der Waals surface area contributed by atoms with Crippen LogP contribution in [0.15, 0.2) is 11.5 Å². The summed E-state index contributed by atoms with van der Waals surface area (Å²) >= 11 is 0. The van der Waals surface area contributed by atoms with Gasteiger partial charge in [0.25, 0.3) is 11.5 Å². The predicted molar refractivity (Wildman–Crippen MR) is 41.6 cm³/mol. The number of alkyl halides is 3. The Morgan fingerprint density at radius 3 is 2.53 bits per heavy atom. The molecular weight excluding hydrogens is 217 g/mol. The van der Waals surface area contributed by atoms with Gasteiger partial charge in [-0.2, -0.15) is 13.2 Å². The second-order valence-corrected chi connectivity index (χ2v) is 2.57. The van der Waals surface area contributed by atoms with E-state index in [0.29, 0.717) is 0 Å². The third-order valence-electron chi connectivity index (χ3n) is 1.50. The van der Waals surface area contributed by atoms with Crippen molar-refractivity contribution in [3.8, 4) is 0 Å². The largest absolute Gasteiger partial charge is 0.483 e. The third kappa shape index (κ3) is 2.77. The van der Waals surface area contributed by atoms with Gasteiger partial charge < -0.3 is 14.2 Å². The molecule has 0 atom stereocenters. The van der Waals surface area contributed by atoms with E-state index < -0.39 is 23.7 Å². The zero-order valence-electron chi connectivity index (χ0n) is 7.89. The number of ether oxygens (including phenoxy) is 3. The molecular formula is C8H9F3O4. The highest BCUT2D eigenvalue weighted by Gasteiger charge is 2.44. The van der Waals surface area contributed by atoms with Crippen LogP contribution in [0.25, 0.3) is 0 Å². The van der Waals surface area contributed by atoms with E-state index in [1.54, 1.807) is 0 Å². The van der Waals surface area contributed by atoms with E-state index in [-0.39, 0.29) is 19.8 Å². The number of halogens is 3. The van der Waals surface area contributed by atoms with Crippen LogP contribution < -0.4 is 0 Å². The lowest BCUT2D eigenvalue weighted by molar-refractivity contribution is -0.161. The quantitative estimate of drug-likeness (QED) is 0.667. The second kappa shape index (κ2) is 4.41. The summed E-state index contributed by atoms with van der Waals surface area (Å²) in [5, 5.41) is 0. The maximum absolute atomic E-state index is 12.3. The summed E-state index contributed by atoms with van der Waals surface area (Å²) in [6, 6.07) is 0. The lowest BCUT2D eigenvalue weighted by atomic mass is 10.3. The first-order valence-corrected chi connectivity index (χ1v) is 4.21. The number of carbonyl (C=O) groups excluding carboxylic acids is 1. The summed E-state index contributed by atoms with van der Waals surface area (Å²) in [5.41, 5.74) is 0. The van der Waals surface area contributed by atoms with Crippen LogP contribution in [-0.4, -0.2) is 32.0 Å². The van der Waals surface area contributed by atoms with Gasteiger partial charge in [-0.15, -0.1) is 0 Å². The first kappa shape index (κ1) is 11.7. The van der Waals surface area contributed by atoms with Crippen LogP contribution in [0.5, 0.6) is 0 Å². The molecule has 0 saturated carbocycles. The molecule has 7 heteroatoms. The van der Waals surface area contributed by atoms with Gasteiger partial charge in [0.15, 0.2) is 0 Å². The van der Waals surface area contributed by atoms with Crippen molar-refractivity contribution in [3.63, 3.8) is 0 Å². The third-order valence-corrected chi connectivity index (χ3v) is 1.50. The molecule has 0 aliphatic carbocycles. The fourth-order valence-electron chi connectivity index (χ4n) is 0.977. The maximum atomic E-state index is 12.3. The molecule has 0 aromatic rings. The van der Waals surface area contributed by atoms with Gasteiger partial charge in [0, 0.05) is 0 Å². The van der Waals surface area contributed by atoms with Crippen LogP contribution in [0.1, 0.15) is 6.92 Å². The summed E-state index contributed by atoms with van der Waals surface area (Å²) < 4.78 is 50.3. The Hall–Kier alpha value is -1.40. The molecule has 0 fully saturated rings. The van der Waals surface area contributed by atoms with Gasteiger partial charge in [-0.05, 0) is 6.92 Å². The van der Waals surface area contributed by atoms with Gasteiger partial charge in [-0.1, -0.05) is 0 Å². The summed E-state index contributed by atoms with van der Waals surface area (Å²) in [6.45, 7) is 1.11. The normalized spacial score (nSPS) is 16.8. The summed E-state index contributed by atoms with van der Waals surface area (Å²) in [4.78, 5) is 11.1. The van der Waals surface area contributed by atoms with Crippen LogP contribution in [0.2, 0.25) is 0 Å². The minimum absolute atomic E-state index is 0.0309. The number of hydrogen-bond acceptors (Lipinski definition) is 4. The molecule has 0 spiro atoms. The molecule has 15 heavy (non-hydrogen) atoms. The predicted octanol–water partition coefficient (Wildman–Crippen LogP) is 1.37. The summed E-state index contributed by atoms with van der Waals surface area (Å²) in [6.07, 6.45) is -4.75. The molecule has 1 rings (SSSR count). The molecule has 0 amide bonds. The zero-order valence-corrected chi connectivity index (χ0v) is 7.89. The Labute approximate surface area is 83.6 Å². The maximum Gasteiger partial charge on any atom is 0.453 e. The average Bonchev–Trinajstić information content (AvgIpc) is 2.17. The van der Waals surface area contributed by atoms with Crippen molar-refractivity contribution in [1.29, 1.82) is 0 Å². The lowest BCUT2D eigenvalue weighted by Gasteiger charge is -2.21. The summed E-state index contributed by atoms with van der Waals surface area (Å²) in [5.74, 6) is -3.49. The Morgan fingerprint density at radius 2 is 2.00 bits per heavy atom. The molecule has 0 unspecified atom stereocenters. The molecule has 0 radical (unpaired) electrons. The average molecular weight is 226 g/mol. The molecule has 1 aliphatic rings. The lowest BCUT2D eigenvalue weighted by Crippen LogP contribution is -2.28. The van der Waals surface area contributed by atoms with E-state index in [2.05, 4.69) is 14.2 Å². The molecule has 86 valence electrons. The van der Waals surface area contributed by atoms with E-state index >= 15 is 0 Å². The Morgan fingerprint density at radius 1 is 1.40 bits per heavy atom. The van der Waals surface area contributed by atoms with Crippen LogP contribution in [0.4, 0.5) is 13.2 Å². The van der Waals surface area contributed by atoms with Crippen molar-refractivity contribution < 1.29 is 32.2 Å². The Balaban J connectivity index is 2.96. The van der Waals surface area contributed by atoms with Gasteiger partial charge >= 0.3 is 12.1 Å². The smallest absolute Gasteiger partial charge is 0.453 e. The molecule has 0 saturated heterocycles. The molecule has 1 heterocycles. The fourth-order valence-corrected chi connectivity index (χ4v) is 0.977. The van der Waals surface area contributed by atoms with E-state index in [9.17, 15) is 18.0 Å². The number of allylic oxidation sites excluding steroid dienone is 1. The molecule has 1 aliphatic heterocycles. The van der Waals surface area contributed by atoms with Crippen LogP contribution in [0.3, 0.4) is 0 Å². The van der Waals surface area contributed by atoms with E-state index in [0.717, 1.165) is 0 Å². The number of hydrogen-bond donors (Lipinski definition) is 0. The minimum atomic E-state index is -4.75. The highest BCUT2D eigenvalue weighted by atomic mass is 19.4. The summed E-state index contributed by atoms with van der Waals surface area (Å²) in [7, 11) is 0. The van der Waals surface area contributed by atoms with Gasteiger partial charge in [0.1, 0.15) is 13.2 Å². The SMILES string of the molecule is CCOC(=O)C1=C(C(F)(F)F)OCCO1. The zero-order chi connectivity index (χ0) is 11.5. The molecule has 0 N–H and O–H groups in total. The van der Waals surface area contributed by atoms with Gasteiger partial charge in [-0.3, -0.25) is 0 Å². The van der Waals surface area contributed by atoms with E-state index in [4.69, 9.17) is 0 Å². The van der Waals surface area contributed by atoms with Crippen molar-refractivity contribution in [2.24, 2.45) is 0 Å². The van der Waals surface area contributed by atoms with Crippen molar-refractivity contribution in [1.82, 2.24) is 0 Å². The number of esters is 1. The van der Waals surface area contributed by atoms with Crippen LogP contribution in [0, 0.1) is 0 Å². The first-order valence-electron chi connectivity index (χ1n) is 4.21.